The van der Waals surface area contributed by atoms with Crippen LogP contribution in [0.5, 0.6) is 0 Å². The number of nitrogens with zero attached hydrogens (tertiary/aromatic N) is 1. The van der Waals surface area contributed by atoms with Crippen LogP contribution in [0.4, 0.5) is 0 Å². The second-order valence-corrected chi connectivity index (χ2v) is 3.76. The van der Waals surface area contributed by atoms with Gasteiger partial charge in [0.2, 0.25) is 0 Å². The van der Waals surface area contributed by atoms with Gasteiger partial charge in [0.05, 0.1) is 11.2 Å². The second-order valence-electron chi connectivity index (χ2n) is 2.82. The first-order valence-corrected chi connectivity index (χ1v) is 5.11. The molecule has 0 aliphatic heterocycles. The van der Waals surface area contributed by atoms with Crippen molar-refractivity contribution in [2.75, 3.05) is 0 Å². The molecule has 0 aromatic carbocycles. The maximum Gasteiger partial charge on any atom is 0.0797 e. The van der Waals surface area contributed by atoms with Gasteiger partial charge in [-0.2, -0.15) is 0 Å². The number of aryl methyl sites for hydroxylation is 2. The Morgan fingerprint density at radius 2 is 2.27 bits per heavy atom. The van der Waals surface area contributed by atoms with Crippen LogP contribution in [0, 0.1) is 6.92 Å². The summed E-state index contributed by atoms with van der Waals surface area (Å²) < 4.78 is 0. The third kappa shape index (κ3) is 2.62. The Kier molecular flexibility index (Phi) is 3.57. The van der Waals surface area contributed by atoms with E-state index < -0.39 is 0 Å². The molecule has 11 heavy (non-hydrogen) atoms. The molecule has 0 radical (unpaired) electrons. The summed E-state index contributed by atoms with van der Waals surface area (Å²) in [5, 5.41) is 0. The van der Waals surface area contributed by atoms with Crippen LogP contribution in [0.3, 0.4) is 0 Å². The van der Waals surface area contributed by atoms with E-state index in [1.807, 2.05) is 5.51 Å². The van der Waals surface area contributed by atoms with Crippen LogP contribution in [0.25, 0.3) is 0 Å². The van der Waals surface area contributed by atoms with Gasteiger partial charge in [-0.05, 0) is 19.8 Å². The molecule has 0 fully saturated rings. The quantitative estimate of drug-likeness (QED) is 0.631. The van der Waals surface area contributed by atoms with Crippen LogP contribution >= 0.6 is 11.3 Å². The molecule has 1 nitrogen and oxygen atoms in total. The highest BCUT2D eigenvalue weighted by Crippen LogP contribution is 2.15. The van der Waals surface area contributed by atoms with Crippen molar-refractivity contribution in [3.63, 3.8) is 0 Å². The fourth-order valence-corrected chi connectivity index (χ4v) is 1.93. The van der Waals surface area contributed by atoms with Gasteiger partial charge in [0.15, 0.2) is 0 Å². The van der Waals surface area contributed by atoms with Crippen molar-refractivity contribution in [2.24, 2.45) is 0 Å². The van der Waals surface area contributed by atoms with E-state index in [0.717, 1.165) is 0 Å². The minimum Gasteiger partial charge on any atom is -0.250 e. The number of unbranched alkanes of at least 4 members (excludes halogenated alkanes) is 2. The summed E-state index contributed by atoms with van der Waals surface area (Å²) in [5.74, 6) is 0. The van der Waals surface area contributed by atoms with Gasteiger partial charge in [-0.3, -0.25) is 0 Å². The molecular weight excluding hydrogens is 154 g/mol. The smallest absolute Gasteiger partial charge is 0.0797 e. The van der Waals surface area contributed by atoms with E-state index in [-0.39, 0.29) is 0 Å². The number of hydrogen-bond donors (Lipinski definition) is 0. The molecule has 2 heteroatoms. The lowest BCUT2D eigenvalue weighted by Gasteiger charge is -1.96. The molecule has 1 aromatic rings. The van der Waals surface area contributed by atoms with Crippen LogP contribution in [0.1, 0.15) is 36.8 Å². The summed E-state index contributed by atoms with van der Waals surface area (Å²) in [6.07, 6.45) is 5.19. The first kappa shape index (κ1) is 8.72. The summed E-state index contributed by atoms with van der Waals surface area (Å²) in [4.78, 5) is 5.68. The summed E-state index contributed by atoms with van der Waals surface area (Å²) in [5.41, 5.74) is 3.17. The van der Waals surface area contributed by atoms with E-state index in [0.29, 0.717) is 0 Å². The first-order chi connectivity index (χ1) is 5.34. The number of thiazole rings is 1. The van der Waals surface area contributed by atoms with Gasteiger partial charge < -0.3 is 0 Å². The van der Waals surface area contributed by atoms with Gasteiger partial charge in [-0.15, -0.1) is 11.3 Å². The highest BCUT2D eigenvalue weighted by molar-refractivity contribution is 7.09. The third-order valence-electron chi connectivity index (χ3n) is 1.85. The predicted octanol–water partition coefficient (Wildman–Crippen LogP) is 3.18. The van der Waals surface area contributed by atoms with E-state index in [9.17, 15) is 0 Å². The van der Waals surface area contributed by atoms with Crippen LogP contribution in [-0.2, 0) is 6.42 Å². The monoisotopic (exact) mass is 169 g/mol. The summed E-state index contributed by atoms with van der Waals surface area (Å²) >= 11 is 1.79. The van der Waals surface area contributed by atoms with Crippen molar-refractivity contribution < 1.29 is 0 Å². The molecule has 1 aromatic heterocycles. The van der Waals surface area contributed by atoms with Gasteiger partial charge in [-0.1, -0.05) is 19.8 Å². The van der Waals surface area contributed by atoms with E-state index in [2.05, 4.69) is 18.8 Å². The van der Waals surface area contributed by atoms with Gasteiger partial charge >= 0.3 is 0 Å². The van der Waals surface area contributed by atoms with Crippen molar-refractivity contribution in [1.29, 1.82) is 0 Å². The molecule has 0 bridgehead atoms. The van der Waals surface area contributed by atoms with Crippen LogP contribution < -0.4 is 0 Å². The Balaban J connectivity index is 2.32. The SMILES string of the molecule is CCCCCc1scnc1C. The minimum absolute atomic E-state index is 1.23. The van der Waals surface area contributed by atoms with Gasteiger partial charge in [0.25, 0.3) is 0 Å². The predicted molar refractivity (Wildman–Crippen MR) is 50.1 cm³/mol. The molecule has 1 heterocycles. The van der Waals surface area contributed by atoms with Crippen molar-refractivity contribution in [3.05, 3.63) is 16.1 Å². The van der Waals surface area contributed by atoms with E-state index in [1.54, 1.807) is 11.3 Å². The standard InChI is InChI=1S/C9H15NS/c1-3-4-5-6-9-8(2)10-7-11-9/h7H,3-6H2,1-2H3. The van der Waals surface area contributed by atoms with Crippen LogP contribution in [0.15, 0.2) is 5.51 Å². The average Bonchev–Trinajstić information content (AvgIpc) is 2.37. The largest absolute Gasteiger partial charge is 0.250 e. The number of hydrogen-bond acceptors (Lipinski definition) is 2. The lowest BCUT2D eigenvalue weighted by molar-refractivity contribution is 0.720. The first-order valence-electron chi connectivity index (χ1n) is 4.23. The Morgan fingerprint density at radius 1 is 1.45 bits per heavy atom. The van der Waals surface area contributed by atoms with Crippen LogP contribution in [-0.4, -0.2) is 4.98 Å². The normalized spacial score (nSPS) is 10.4. The Hall–Kier alpha value is -0.370. The molecule has 0 amide bonds. The summed E-state index contributed by atoms with van der Waals surface area (Å²) in [7, 11) is 0. The zero-order valence-corrected chi connectivity index (χ0v) is 8.08. The Labute approximate surface area is 72.5 Å². The van der Waals surface area contributed by atoms with Gasteiger partial charge in [0, 0.05) is 4.88 Å². The molecule has 62 valence electrons. The maximum atomic E-state index is 4.21. The molecular formula is C9H15NS. The highest BCUT2D eigenvalue weighted by atomic mass is 32.1. The molecule has 0 aliphatic rings. The van der Waals surface area contributed by atoms with Gasteiger partial charge in [0.1, 0.15) is 0 Å². The average molecular weight is 169 g/mol. The lowest BCUT2D eigenvalue weighted by Crippen LogP contribution is -1.84. The fraction of sp³-hybridized carbons (Fsp3) is 0.667. The number of rotatable bonds is 4. The zero-order valence-electron chi connectivity index (χ0n) is 7.26. The van der Waals surface area contributed by atoms with Crippen molar-refractivity contribution in [1.82, 2.24) is 4.98 Å². The molecule has 0 saturated heterocycles. The van der Waals surface area contributed by atoms with Crippen molar-refractivity contribution in [3.8, 4) is 0 Å². The van der Waals surface area contributed by atoms with E-state index in [4.69, 9.17) is 0 Å². The second kappa shape index (κ2) is 4.50. The van der Waals surface area contributed by atoms with E-state index in [1.165, 1.54) is 36.3 Å². The summed E-state index contributed by atoms with van der Waals surface area (Å²) in [6.45, 7) is 4.33. The third-order valence-corrected chi connectivity index (χ3v) is 2.85. The molecule has 1 rings (SSSR count). The molecule has 0 saturated carbocycles. The lowest BCUT2D eigenvalue weighted by atomic mass is 10.2. The number of aromatic nitrogens is 1. The van der Waals surface area contributed by atoms with Crippen LogP contribution in [0.2, 0.25) is 0 Å². The Morgan fingerprint density at radius 3 is 2.82 bits per heavy atom. The highest BCUT2D eigenvalue weighted by Gasteiger charge is 1.99. The molecule has 0 N–H and O–H groups in total. The minimum atomic E-state index is 1.23. The molecule has 0 atom stereocenters. The van der Waals surface area contributed by atoms with E-state index >= 15 is 0 Å². The summed E-state index contributed by atoms with van der Waals surface area (Å²) in [6, 6.07) is 0. The Bertz CT molecular complexity index is 205. The maximum absolute atomic E-state index is 4.21. The van der Waals surface area contributed by atoms with Gasteiger partial charge in [-0.25, -0.2) is 4.98 Å². The van der Waals surface area contributed by atoms with Crippen molar-refractivity contribution >= 4 is 11.3 Å². The molecule has 0 aliphatic carbocycles. The topological polar surface area (TPSA) is 12.9 Å². The zero-order chi connectivity index (χ0) is 8.10. The molecule has 0 spiro atoms. The molecule has 0 unspecified atom stereocenters. The fourth-order valence-electron chi connectivity index (χ4n) is 1.10. The van der Waals surface area contributed by atoms with Crippen molar-refractivity contribution in [2.45, 2.75) is 39.5 Å².